The molecule has 7 heteroatoms. The molecule has 0 spiro atoms. The van der Waals surface area contributed by atoms with Gasteiger partial charge >= 0.3 is 5.97 Å². The Bertz CT molecular complexity index is 1320. The van der Waals surface area contributed by atoms with Crippen LogP contribution in [0.2, 0.25) is 0 Å². The van der Waals surface area contributed by atoms with E-state index >= 15 is 0 Å². The number of carbonyl (C=O) groups is 1. The predicted octanol–water partition coefficient (Wildman–Crippen LogP) is 3.52. The summed E-state index contributed by atoms with van der Waals surface area (Å²) in [4.78, 5) is 32.6. The largest absolute Gasteiger partial charge is 0.463 e. The van der Waals surface area contributed by atoms with Crippen molar-refractivity contribution in [3.63, 3.8) is 0 Å². The van der Waals surface area contributed by atoms with Gasteiger partial charge in [0.1, 0.15) is 0 Å². The lowest BCUT2D eigenvalue weighted by molar-refractivity contribution is -0.139. The molecule has 1 aromatic heterocycles. The summed E-state index contributed by atoms with van der Waals surface area (Å²) in [5.41, 5.74) is 2.60. The maximum absolute atomic E-state index is 13.5. The van der Waals surface area contributed by atoms with E-state index in [2.05, 4.69) is 4.99 Å². The molecular formula is C24H22N2O3S2. The summed E-state index contributed by atoms with van der Waals surface area (Å²) in [7, 11) is 0. The molecule has 1 atom stereocenters. The van der Waals surface area contributed by atoms with Crippen LogP contribution in [0.4, 0.5) is 0 Å². The van der Waals surface area contributed by atoms with Crippen LogP contribution in [0.3, 0.4) is 0 Å². The standard InChI is InChI=1S/C24H22N2O3S2/c1-4-29-23(28)20-15(2)25-24-26(21(20)17-8-6-5-7-9-17)22(27)19(31-24)14-16-10-12-18(30-3)13-11-16/h5-14,21H,4H2,1-3H3/b19-14-/t21-/m0/s1. The van der Waals surface area contributed by atoms with Crippen LogP contribution in [0.25, 0.3) is 6.08 Å². The third-order valence-corrected chi connectivity index (χ3v) is 6.77. The van der Waals surface area contributed by atoms with Crippen LogP contribution in [-0.2, 0) is 9.53 Å². The summed E-state index contributed by atoms with van der Waals surface area (Å²) in [6.45, 7) is 3.82. The number of rotatable bonds is 5. The highest BCUT2D eigenvalue weighted by atomic mass is 32.2. The molecule has 3 aromatic rings. The van der Waals surface area contributed by atoms with Crippen molar-refractivity contribution in [2.75, 3.05) is 12.9 Å². The van der Waals surface area contributed by atoms with E-state index in [9.17, 15) is 9.59 Å². The van der Waals surface area contributed by atoms with E-state index in [-0.39, 0.29) is 12.2 Å². The Morgan fingerprint density at radius 3 is 2.55 bits per heavy atom. The van der Waals surface area contributed by atoms with E-state index in [1.165, 1.54) is 11.3 Å². The van der Waals surface area contributed by atoms with Gasteiger partial charge in [-0.3, -0.25) is 9.36 Å². The second kappa shape index (κ2) is 9.08. The Morgan fingerprint density at radius 1 is 1.19 bits per heavy atom. The van der Waals surface area contributed by atoms with Crippen LogP contribution in [0.15, 0.2) is 80.5 Å². The van der Waals surface area contributed by atoms with Crippen molar-refractivity contribution in [3.05, 3.63) is 96.7 Å². The minimum Gasteiger partial charge on any atom is -0.463 e. The van der Waals surface area contributed by atoms with Crippen LogP contribution < -0.4 is 14.9 Å². The Hall–Kier alpha value is -2.90. The first-order valence-corrected chi connectivity index (χ1v) is 12.0. The summed E-state index contributed by atoms with van der Waals surface area (Å²) in [6.07, 6.45) is 3.90. The van der Waals surface area contributed by atoms with Crippen molar-refractivity contribution >= 4 is 35.1 Å². The molecule has 1 aliphatic rings. The summed E-state index contributed by atoms with van der Waals surface area (Å²) < 4.78 is 7.49. The SMILES string of the molecule is CCOC(=O)C1=C(C)N=c2s/c(=C\c3ccc(SC)cc3)c(=O)n2[C@H]1c1ccccc1. The Morgan fingerprint density at radius 2 is 1.90 bits per heavy atom. The number of esters is 1. The number of allylic oxidation sites excluding steroid dienone is 1. The van der Waals surface area contributed by atoms with Crippen molar-refractivity contribution in [2.24, 2.45) is 4.99 Å². The van der Waals surface area contributed by atoms with E-state index in [1.807, 2.05) is 66.9 Å². The first-order valence-electron chi connectivity index (χ1n) is 9.92. The molecule has 2 heterocycles. The third kappa shape index (κ3) is 4.16. The van der Waals surface area contributed by atoms with Crippen molar-refractivity contribution in [1.82, 2.24) is 4.57 Å². The molecule has 0 N–H and O–H groups in total. The highest BCUT2D eigenvalue weighted by molar-refractivity contribution is 7.98. The molecule has 0 amide bonds. The van der Waals surface area contributed by atoms with Crippen molar-refractivity contribution in [3.8, 4) is 0 Å². The van der Waals surface area contributed by atoms with Crippen molar-refractivity contribution in [2.45, 2.75) is 24.8 Å². The third-order valence-electron chi connectivity index (χ3n) is 5.05. The molecule has 0 unspecified atom stereocenters. The zero-order valence-corrected chi connectivity index (χ0v) is 19.1. The predicted molar refractivity (Wildman–Crippen MR) is 125 cm³/mol. The van der Waals surface area contributed by atoms with E-state index in [4.69, 9.17) is 4.74 Å². The lowest BCUT2D eigenvalue weighted by Gasteiger charge is -2.24. The number of thiazole rings is 1. The molecule has 5 nitrogen and oxygen atoms in total. The average molecular weight is 451 g/mol. The van der Waals surface area contributed by atoms with Gasteiger partial charge in [0, 0.05) is 4.90 Å². The number of nitrogens with zero attached hydrogens (tertiary/aromatic N) is 2. The zero-order chi connectivity index (χ0) is 22.0. The van der Waals surface area contributed by atoms with Crippen molar-refractivity contribution < 1.29 is 9.53 Å². The molecule has 0 aliphatic carbocycles. The van der Waals surface area contributed by atoms with Gasteiger partial charge in [-0.05, 0) is 49.4 Å². The minimum absolute atomic E-state index is 0.166. The van der Waals surface area contributed by atoms with Gasteiger partial charge in [0.25, 0.3) is 5.56 Å². The molecule has 0 saturated heterocycles. The van der Waals surface area contributed by atoms with Crippen LogP contribution in [-0.4, -0.2) is 23.4 Å². The van der Waals surface area contributed by atoms with Gasteiger partial charge in [0.05, 0.1) is 28.5 Å². The van der Waals surface area contributed by atoms with E-state index in [0.29, 0.717) is 20.6 Å². The van der Waals surface area contributed by atoms with Crippen LogP contribution in [0, 0.1) is 0 Å². The Kier molecular flexibility index (Phi) is 6.25. The van der Waals surface area contributed by atoms with Gasteiger partial charge in [-0.1, -0.05) is 53.8 Å². The van der Waals surface area contributed by atoms with Crippen LogP contribution in [0.1, 0.15) is 31.0 Å². The number of aromatic nitrogens is 1. The quantitative estimate of drug-likeness (QED) is 0.441. The van der Waals surface area contributed by atoms with Gasteiger partial charge in [-0.25, -0.2) is 9.79 Å². The molecule has 0 radical (unpaired) electrons. The topological polar surface area (TPSA) is 60.7 Å². The summed E-state index contributed by atoms with van der Waals surface area (Å²) >= 11 is 3.01. The molecule has 0 fully saturated rings. The number of carbonyl (C=O) groups excluding carboxylic acids is 1. The van der Waals surface area contributed by atoms with Gasteiger partial charge in [0.2, 0.25) is 0 Å². The van der Waals surface area contributed by atoms with Crippen LogP contribution in [0.5, 0.6) is 0 Å². The summed E-state index contributed by atoms with van der Waals surface area (Å²) in [5, 5.41) is 0. The first kappa shape index (κ1) is 21.3. The lowest BCUT2D eigenvalue weighted by atomic mass is 9.96. The molecule has 2 aromatic carbocycles. The van der Waals surface area contributed by atoms with Gasteiger partial charge < -0.3 is 4.74 Å². The van der Waals surface area contributed by atoms with E-state index < -0.39 is 12.0 Å². The molecule has 158 valence electrons. The Balaban J connectivity index is 1.91. The highest BCUT2D eigenvalue weighted by Crippen LogP contribution is 2.30. The number of ether oxygens (including phenoxy) is 1. The molecule has 0 bridgehead atoms. The number of hydrogen-bond donors (Lipinski definition) is 0. The minimum atomic E-state index is -0.572. The highest BCUT2D eigenvalue weighted by Gasteiger charge is 2.33. The normalized spacial score (nSPS) is 16.1. The molecule has 1 aliphatic heterocycles. The molecule has 4 rings (SSSR count). The van der Waals surface area contributed by atoms with Gasteiger partial charge in [-0.2, -0.15) is 0 Å². The molecular weight excluding hydrogens is 428 g/mol. The second-order valence-electron chi connectivity index (χ2n) is 6.99. The number of hydrogen-bond acceptors (Lipinski definition) is 6. The molecule has 31 heavy (non-hydrogen) atoms. The number of benzene rings is 2. The van der Waals surface area contributed by atoms with Crippen LogP contribution >= 0.6 is 23.1 Å². The maximum atomic E-state index is 13.5. The average Bonchev–Trinajstić information content (AvgIpc) is 3.08. The second-order valence-corrected chi connectivity index (χ2v) is 8.87. The number of thioether (sulfide) groups is 1. The summed E-state index contributed by atoms with van der Waals surface area (Å²) in [5.74, 6) is -0.445. The first-order chi connectivity index (χ1) is 15.0. The lowest BCUT2D eigenvalue weighted by Crippen LogP contribution is -2.39. The smallest absolute Gasteiger partial charge is 0.338 e. The fourth-order valence-corrected chi connectivity index (χ4v) is 5.05. The summed E-state index contributed by atoms with van der Waals surface area (Å²) in [6, 6.07) is 17.0. The van der Waals surface area contributed by atoms with E-state index in [0.717, 1.165) is 16.0 Å². The fraction of sp³-hybridized carbons (Fsp3) is 0.208. The van der Waals surface area contributed by atoms with Gasteiger partial charge in [0.15, 0.2) is 4.80 Å². The maximum Gasteiger partial charge on any atom is 0.338 e. The molecule has 0 saturated carbocycles. The van der Waals surface area contributed by atoms with Crippen molar-refractivity contribution in [1.29, 1.82) is 0 Å². The number of fused-ring (bicyclic) bond motifs is 1. The van der Waals surface area contributed by atoms with Gasteiger partial charge in [-0.15, -0.1) is 11.8 Å². The zero-order valence-electron chi connectivity index (χ0n) is 17.5. The Labute approximate surface area is 188 Å². The monoisotopic (exact) mass is 450 g/mol. The van der Waals surface area contributed by atoms with E-state index in [1.54, 1.807) is 30.2 Å². The fourth-order valence-electron chi connectivity index (χ4n) is 3.59.